The first kappa shape index (κ1) is 15.7. The van der Waals surface area contributed by atoms with Crippen LogP contribution in [-0.2, 0) is 0 Å². The number of nitrogens with zero attached hydrogens (tertiary/aromatic N) is 2. The van der Waals surface area contributed by atoms with Gasteiger partial charge in [0.15, 0.2) is 5.16 Å². The van der Waals surface area contributed by atoms with Crippen molar-refractivity contribution in [1.29, 1.82) is 5.26 Å². The third-order valence-corrected chi connectivity index (χ3v) is 4.61. The summed E-state index contributed by atoms with van der Waals surface area (Å²) in [4.78, 5) is 18.6. The van der Waals surface area contributed by atoms with Crippen molar-refractivity contribution in [2.24, 2.45) is 0 Å². The molecule has 2 rings (SSSR count). The van der Waals surface area contributed by atoms with Crippen LogP contribution in [-0.4, -0.2) is 16.2 Å². The predicted octanol–water partition coefficient (Wildman–Crippen LogP) is 3.38. The molecule has 20 heavy (non-hydrogen) atoms. The quantitative estimate of drug-likeness (QED) is 0.290. The fraction of sp³-hybridized carbons (Fsp3) is 0.0833. The van der Waals surface area contributed by atoms with Crippen molar-refractivity contribution >= 4 is 56.9 Å². The van der Waals surface area contributed by atoms with Crippen molar-refractivity contribution in [1.82, 2.24) is 9.97 Å². The van der Waals surface area contributed by atoms with Crippen molar-refractivity contribution < 1.29 is 4.39 Å². The zero-order chi connectivity index (χ0) is 14.9. The highest BCUT2D eigenvalue weighted by molar-refractivity contribution is 14.1. The molecule has 4 nitrogen and oxygen atoms in total. The molecule has 0 saturated carbocycles. The van der Waals surface area contributed by atoms with Gasteiger partial charge in [0, 0.05) is 5.56 Å². The van der Waals surface area contributed by atoms with Gasteiger partial charge in [0.25, 0.3) is 5.56 Å². The Hall–Kier alpha value is -0.670. The topological polar surface area (TPSA) is 69.5 Å². The number of rotatable bonds is 2. The van der Waals surface area contributed by atoms with Crippen LogP contribution >= 0.6 is 56.9 Å². The lowest BCUT2D eigenvalue weighted by molar-refractivity contribution is 0.613. The molecule has 0 radical (unpaired) electrons. The van der Waals surface area contributed by atoms with E-state index in [-0.39, 0.29) is 17.1 Å². The minimum Gasteiger partial charge on any atom is -0.300 e. The van der Waals surface area contributed by atoms with Crippen LogP contribution in [0.4, 0.5) is 4.39 Å². The van der Waals surface area contributed by atoms with Crippen molar-refractivity contribution in [3.05, 3.63) is 41.0 Å². The first-order chi connectivity index (χ1) is 9.47. The molecule has 0 aliphatic heterocycles. The molecule has 0 bridgehead atoms. The number of hydrogen-bond donors (Lipinski definition) is 1. The maximum absolute atomic E-state index is 13.7. The molecule has 0 atom stereocenters. The third kappa shape index (κ3) is 2.99. The molecule has 0 spiro atoms. The summed E-state index contributed by atoms with van der Waals surface area (Å²) in [5.41, 5.74) is 0.270. The lowest BCUT2D eigenvalue weighted by Crippen LogP contribution is -2.14. The van der Waals surface area contributed by atoms with E-state index in [1.807, 2.05) is 51.3 Å². The van der Waals surface area contributed by atoms with Crippen LogP contribution in [0.15, 0.2) is 22.1 Å². The summed E-state index contributed by atoms with van der Waals surface area (Å²) in [6, 6.07) is 5.00. The van der Waals surface area contributed by atoms with E-state index in [2.05, 4.69) is 9.97 Å². The van der Waals surface area contributed by atoms with Crippen LogP contribution in [0.2, 0.25) is 0 Å². The standard InChI is InChI=1S/C12H6FI2N3OS/c1-20-12-17-10(6(4-16)11(19)18-12)5-2-7(14)9(13)8(15)3-5/h2-3H,1H3,(H,17,18,19). The Morgan fingerprint density at radius 2 is 2.00 bits per heavy atom. The molecule has 0 saturated heterocycles. The second-order valence-corrected chi connectivity index (χ2v) is 6.78. The van der Waals surface area contributed by atoms with Gasteiger partial charge >= 0.3 is 0 Å². The van der Waals surface area contributed by atoms with E-state index in [0.29, 0.717) is 17.9 Å². The fourth-order valence-electron chi connectivity index (χ4n) is 1.55. The maximum Gasteiger partial charge on any atom is 0.270 e. The summed E-state index contributed by atoms with van der Waals surface area (Å²) in [6.45, 7) is 0. The molecule has 1 aromatic heterocycles. The SMILES string of the molecule is CSc1nc(-c2cc(I)c(F)c(I)c2)c(C#N)c(=O)[nH]1. The predicted molar refractivity (Wildman–Crippen MR) is 92.2 cm³/mol. The van der Waals surface area contributed by atoms with Crippen molar-refractivity contribution in [2.75, 3.05) is 6.26 Å². The van der Waals surface area contributed by atoms with Gasteiger partial charge in [-0.3, -0.25) is 4.79 Å². The zero-order valence-electron chi connectivity index (χ0n) is 10.00. The summed E-state index contributed by atoms with van der Waals surface area (Å²) >= 11 is 5.01. The number of hydrogen-bond acceptors (Lipinski definition) is 4. The second kappa shape index (κ2) is 6.40. The highest BCUT2D eigenvalue weighted by atomic mass is 127. The Morgan fingerprint density at radius 3 is 2.50 bits per heavy atom. The van der Waals surface area contributed by atoms with Crippen LogP contribution in [0.25, 0.3) is 11.3 Å². The summed E-state index contributed by atoms with van der Waals surface area (Å²) in [7, 11) is 0. The highest BCUT2D eigenvalue weighted by Gasteiger charge is 2.16. The largest absolute Gasteiger partial charge is 0.300 e. The molecule has 2 aromatic rings. The van der Waals surface area contributed by atoms with Gasteiger partial charge < -0.3 is 4.98 Å². The van der Waals surface area contributed by atoms with Gasteiger partial charge in [-0.1, -0.05) is 11.8 Å². The smallest absolute Gasteiger partial charge is 0.270 e. The van der Waals surface area contributed by atoms with Crippen molar-refractivity contribution in [3.8, 4) is 17.3 Å². The Kier molecular flexibility index (Phi) is 5.03. The van der Waals surface area contributed by atoms with E-state index < -0.39 is 5.56 Å². The maximum atomic E-state index is 13.7. The van der Waals surface area contributed by atoms with E-state index in [9.17, 15) is 9.18 Å². The van der Waals surface area contributed by atoms with E-state index in [1.165, 1.54) is 11.8 Å². The molecule has 8 heteroatoms. The minimum atomic E-state index is -0.490. The monoisotopic (exact) mass is 513 g/mol. The minimum absolute atomic E-state index is 0.0685. The number of nitriles is 1. The first-order valence-electron chi connectivity index (χ1n) is 5.21. The number of aromatic nitrogens is 2. The van der Waals surface area contributed by atoms with Crippen LogP contribution < -0.4 is 5.56 Å². The molecule has 102 valence electrons. The van der Waals surface area contributed by atoms with Crippen molar-refractivity contribution in [3.63, 3.8) is 0 Å². The van der Waals surface area contributed by atoms with Crippen LogP contribution in [0, 0.1) is 24.3 Å². The van der Waals surface area contributed by atoms with Gasteiger partial charge in [-0.05, 0) is 63.6 Å². The molecule has 0 aliphatic rings. The van der Waals surface area contributed by atoms with Gasteiger partial charge in [0.05, 0.1) is 12.8 Å². The highest BCUT2D eigenvalue weighted by Crippen LogP contribution is 2.27. The zero-order valence-corrected chi connectivity index (χ0v) is 15.1. The Labute approximate surface area is 145 Å². The van der Waals surface area contributed by atoms with E-state index in [4.69, 9.17) is 5.26 Å². The number of aromatic amines is 1. The molecule has 1 aromatic carbocycles. The van der Waals surface area contributed by atoms with E-state index in [0.717, 1.165) is 0 Å². The fourth-order valence-corrected chi connectivity index (χ4v) is 3.70. The third-order valence-electron chi connectivity index (χ3n) is 2.46. The van der Waals surface area contributed by atoms with Gasteiger partial charge in [0.1, 0.15) is 17.4 Å². The number of H-pyrrole nitrogens is 1. The molecular formula is C12H6FI2N3OS. The molecule has 0 fully saturated rings. The second-order valence-electron chi connectivity index (χ2n) is 3.66. The molecular weight excluding hydrogens is 507 g/mol. The van der Waals surface area contributed by atoms with E-state index in [1.54, 1.807) is 18.4 Å². The Balaban J connectivity index is 2.78. The molecule has 1 N–H and O–H groups in total. The van der Waals surface area contributed by atoms with E-state index >= 15 is 0 Å². The number of halogens is 3. The molecule has 1 heterocycles. The number of thioether (sulfide) groups is 1. The lowest BCUT2D eigenvalue weighted by atomic mass is 10.1. The first-order valence-corrected chi connectivity index (χ1v) is 8.59. The van der Waals surface area contributed by atoms with Crippen molar-refractivity contribution in [2.45, 2.75) is 5.16 Å². The number of nitrogens with one attached hydrogen (secondary N) is 1. The lowest BCUT2D eigenvalue weighted by Gasteiger charge is -2.07. The van der Waals surface area contributed by atoms with Gasteiger partial charge in [-0.15, -0.1) is 0 Å². The summed E-state index contributed by atoms with van der Waals surface area (Å²) in [5, 5.41) is 9.54. The summed E-state index contributed by atoms with van der Waals surface area (Å²) < 4.78 is 14.5. The van der Waals surface area contributed by atoms with Crippen LogP contribution in [0.5, 0.6) is 0 Å². The van der Waals surface area contributed by atoms with Gasteiger partial charge in [0.2, 0.25) is 0 Å². The van der Waals surface area contributed by atoms with Crippen LogP contribution in [0.3, 0.4) is 0 Å². The van der Waals surface area contributed by atoms with Gasteiger partial charge in [-0.2, -0.15) is 5.26 Å². The Bertz CT molecular complexity index is 762. The normalized spacial score (nSPS) is 10.3. The average molecular weight is 513 g/mol. The average Bonchev–Trinajstić information content (AvgIpc) is 2.43. The number of benzene rings is 1. The molecule has 0 aliphatic carbocycles. The molecule has 0 amide bonds. The summed E-state index contributed by atoms with van der Waals surface area (Å²) in [6.07, 6.45) is 1.77. The molecule has 0 unspecified atom stereocenters. The van der Waals surface area contributed by atoms with Crippen LogP contribution in [0.1, 0.15) is 5.56 Å². The summed E-state index contributed by atoms with van der Waals surface area (Å²) in [5.74, 6) is -0.316. The van der Waals surface area contributed by atoms with Gasteiger partial charge in [-0.25, -0.2) is 9.37 Å². The Morgan fingerprint density at radius 1 is 1.40 bits per heavy atom.